The maximum atomic E-state index is 13.7. The minimum atomic E-state index is -1.65. The molecule has 0 fully saturated rings. The zero-order valence-corrected chi connectivity index (χ0v) is 16.2. The van der Waals surface area contributed by atoms with E-state index in [0.717, 1.165) is 28.7 Å². The molecular weight excluding hydrogens is 383 g/mol. The number of rotatable bonds is 6. The van der Waals surface area contributed by atoms with Crippen LogP contribution in [0.2, 0.25) is 0 Å². The Balaban J connectivity index is 1.72. The number of Topliss-reactive ketones (excluding diaryl/α,β-unsaturated/α-hetero) is 1. The Labute approximate surface area is 165 Å². The van der Waals surface area contributed by atoms with E-state index in [4.69, 9.17) is 0 Å². The van der Waals surface area contributed by atoms with Gasteiger partial charge in [-0.1, -0.05) is 18.2 Å². The molecule has 29 heavy (non-hydrogen) atoms. The number of aromatic amines is 1. The fourth-order valence-corrected chi connectivity index (χ4v) is 3.26. The largest absolute Gasteiger partial charge is 0.358 e. The molecule has 2 aromatic carbocycles. The Bertz CT molecular complexity index is 1090. The van der Waals surface area contributed by atoms with Crippen LogP contribution in [0, 0.1) is 24.4 Å². The number of ketones is 1. The molecule has 0 aliphatic heterocycles. The number of anilines is 1. The average molecular weight is 404 g/mol. The highest BCUT2D eigenvalue weighted by Crippen LogP contribution is 2.23. The molecule has 0 saturated heterocycles. The van der Waals surface area contributed by atoms with Crippen molar-refractivity contribution >= 4 is 28.3 Å². The number of fused-ring (bicyclic) bond motifs is 1. The minimum absolute atomic E-state index is 0.135. The van der Waals surface area contributed by atoms with Gasteiger partial charge in [0, 0.05) is 16.6 Å². The SMILES string of the molecule is Cc1[nH]c2ccccc2c1C(=O)[C@@H](C)[NH+](C)CC(=O)Nc1ccc(F)c(F)c1F. The van der Waals surface area contributed by atoms with E-state index < -0.39 is 35.1 Å². The van der Waals surface area contributed by atoms with Crippen LogP contribution < -0.4 is 10.2 Å². The van der Waals surface area contributed by atoms with Gasteiger partial charge < -0.3 is 15.2 Å². The second-order valence-corrected chi connectivity index (χ2v) is 7.05. The summed E-state index contributed by atoms with van der Waals surface area (Å²) in [4.78, 5) is 29.0. The number of H-pyrrole nitrogens is 1. The fourth-order valence-electron chi connectivity index (χ4n) is 3.26. The van der Waals surface area contributed by atoms with Gasteiger partial charge >= 0.3 is 0 Å². The number of carbonyl (C=O) groups excluding carboxylic acids is 2. The number of carbonyl (C=O) groups is 2. The van der Waals surface area contributed by atoms with Crippen molar-refractivity contribution in [2.24, 2.45) is 0 Å². The average Bonchev–Trinajstić information content (AvgIpc) is 3.02. The normalized spacial score (nSPS) is 13.3. The van der Waals surface area contributed by atoms with E-state index in [9.17, 15) is 22.8 Å². The summed E-state index contributed by atoms with van der Waals surface area (Å²) in [6, 6.07) is 8.57. The molecule has 8 heteroatoms. The number of aryl methyl sites for hydroxylation is 1. The molecule has 0 saturated carbocycles. The molecule has 3 aromatic rings. The van der Waals surface area contributed by atoms with E-state index in [1.807, 2.05) is 31.2 Å². The van der Waals surface area contributed by atoms with Gasteiger partial charge in [-0.05, 0) is 32.0 Å². The summed E-state index contributed by atoms with van der Waals surface area (Å²) in [7, 11) is 1.66. The van der Waals surface area contributed by atoms with Crippen molar-refractivity contribution in [3.63, 3.8) is 0 Å². The third-order valence-electron chi connectivity index (χ3n) is 5.02. The lowest BCUT2D eigenvalue weighted by atomic mass is 10.0. The maximum Gasteiger partial charge on any atom is 0.279 e. The van der Waals surface area contributed by atoms with Crippen molar-refractivity contribution in [2.75, 3.05) is 18.9 Å². The second-order valence-electron chi connectivity index (χ2n) is 7.05. The number of benzene rings is 2. The summed E-state index contributed by atoms with van der Waals surface area (Å²) in [5.74, 6) is -5.21. The Hall–Kier alpha value is -3.13. The van der Waals surface area contributed by atoms with Gasteiger partial charge in [-0.25, -0.2) is 13.2 Å². The first-order valence-electron chi connectivity index (χ1n) is 9.08. The topological polar surface area (TPSA) is 66.4 Å². The van der Waals surface area contributed by atoms with Crippen LogP contribution in [0.3, 0.4) is 0 Å². The van der Waals surface area contributed by atoms with Gasteiger partial charge in [0.1, 0.15) is 6.04 Å². The highest BCUT2D eigenvalue weighted by molar-refractivity contribution is 6.11. The van der Waals surface area contributed by atoms with E-state index in [1.54, 1.807) is 14.0 Å². The van der Waals surface area contributed by atoms with Crippen LogP contribution in [0.1, 0.15) is 23.0 Å². The van der Waals surface area contributed by atoms with Crippen molar-refractivity contribution in [3.8, 4) is 0 Å². The Kier molecular flexibility index (Phi) is 5.74. The van der Waals surface area contributed by atoms with E-state index >= 15 is 0 Å². The summed E-state index contributed by atoms with van der Waals surface area (Å²) in [6.45, 7) is 3.35. The van der Waals surface area contributed by atoms with Crippen LogP contribution in [-0.2, 0) is 4.79 Å². The van der Waals surface area contributed by atoms with Gasteiger partial charge in [-0.15, -0.1) is 0 Å². The molecule has 2 atom stereocenters. The number of hydrogen-bond donors (Lipinski definition) is 3. The van der Waals surface area contributed by atoms with Gasteiger partial charge in [0.25, 0.3) is 5.91 Å². The minimum Gasteiger partial charge on any atom is -0.358 e. The molecule has 0 bridgehead atoms. The van der Waals surface area contributed by atoms with Crippen molar-refractivity contribution in [2.45, 2.75) is 19.9 Å². The molecule has 1 unspecified atom stereocenters. The first-order chi connectivity index (χ1) is 13.7. The Morgan fingerprint density at radius 1 is 1.10 bits per heavy atom. The Morgan fingerprint density at radius 2 is 1.79 bits per heavy atom. The first kappa shape index (κ1) is 20.6. The zero-order chi connectivity index (χ0) is 21.3. The highest BCUT2D eigenvalue weighted by Gasteiger charge is 2.28. The van der Waals surface area contributed by atoms with Gasteiger partial charge in [0.15, 0.2) is 24.0 Å². The predicted molar refractivity (Wildman–Crippen MR) is 104 cm³/mol. The maximum absolute atomic E-state index is 13.7. The fraction of sp³-hybridized carbons (Fsp3) is 0.238. The number of nitrogens with one attached hydrogen (secondary N) is 3. The van der Waals surface area contributed by atoms with Crippen LogP contribution in [0.25, 0.3) is 10.9 Å². The summed E-state index contributed by atoms with van der Waals surface area (Å²) >= 11 is 0. The van der Waals surface area contributed by atoms with Crippen molar-refractivity contribution in [1.82, 2.24) is 4.98 Å². The van der Waals surface area contributed by atoms with Crippen LogP contribution in [0.5, 0.6) is 0 Å². The van der Waals surface area contributed by atoms with Crippen molar-refractivity contribution in [1.29, 1.82) is 0 Å². The van der Waals surface area contributed by atoms with Crippen LogP contribution >= 0.6 is 0 Å². The first-order valence-corrected chi connectivity index (χ1v) is 9.08. The number of amides is 1. The van der Waals surface area contributed by atoms with E-state index in [-0.39, 0.29) is 12.3 Å². The van der Waals surface area contributed by atoms with E-state index in [1.165, 1.54) is 0 Å². The monoisotopic (exact) mass is 404 g/mol. The second kappa shape index (κ2) is 8.08. The van der Waals surface area contributed by atoms with Gasteiger partial charge in [-0.2, -0.15) is 0 Å². The summed E-state index contributed by atoms with van der Waals surface area (Å²) < 4.78 is 40.0. The van der Waals surface area contributed by atoms with E-state index in [2.05, 4.69) is 10.3 Å². The molecule has 3 N–H and O–H groups in total. The lowest BCUT2D eigenvalue weighted by Gasteiger charge is -2.20. The van der Waals surface area contributed by atoms with Gasteiger partial charge in [0.05, 0.1) is 18.3 Å². The predicted octanol–water partition coefficient (Wildman–Crippen LogP) is 2.62. The molecule has 152 valence electrons. The molecule has 0 spiro atoms. The van der Waals surface area contributed by atoms with Crippen molar-refractivity contribution in [3.05, 3.63) is 65.1 Å². The number of likely N-dealkylation sites (N-methyl/N-ethyl adjacent to an activating group) is 1. The third kappa shape index (κ3) is 4.02. The Morgan fingerprint density at radius 3 is 2.52 bits per heavy atom. The van der Waals surface area contributed by atoms with Crippen LogP contribution in [0.15, 0.2) is 36.4 Å². The van der Waals surface area contributed by atoms with E-state index in [0.29, 0.717) is 10.5 Å². The third-order valence-corrected chi connectivity index (χ3v) is 5.02. The standard InChI is InChI=1S/C21H20F3N3O2/c1-11-18(13-6-4-5-7-15(13)25-11)21(29)12(2)27(3)10-17(28)26-16-9-8-14(22)19(23)20(16)24/h4-9,12,25H,10H2,1-3H3,(H,26,28)/p+1/t12-/m1/s1. The van der Waals surface area contributed by atoms with Crippen molar-refractivity contribution < 1.29 is 27.7 Å². The molecule has 3 rings (SSSR count). The summed E-state index contributed by atoms with van der Waals surface area (Å²) in [5, 5.41) is 3.03. The molecule has 0 radical (unpaired) electrons. The molecule has 1 aromatic heterocycles. The quantitative estimate of drug-likeness (QED) is 0.437. The number of halogens is 3. The van der Waals surface area contributed by atoms with Gasteiger partial charge in [-0.3, -0.25) is 9.59 Å². The molecule has 1 heterocycles. The molecule has 0 aliphatic carbocycles. The number of aromatic nitrogens is 1. The molecule has 1 amide bonds. The lowest BCUT2D eigenvalue weighted by Crippen LogP contribution is -3.14. The molecule has 0 aliphatic rings. The number of hydrogen-bond acceptors (Lipinski definition) is 2. The van der Waals surface area contributed by atoms with Gasteiger partial charge in [0.2, 0.25) is 5.78 Å². The van der Waals surface area contributed by atoms with Crippen LogP contribution in [-0.4, -0.2) is 36.3 Å². The zero-order valence-electron chi connectivity index (χ0n) is 16.2. The summed E-state index contributed by atoms with van der Waals surface area (Å²) in [6.07, 6.45) is 0. The number of quaternary nitrogens is 1. The smallest absolute Gasteiger partial charge is 0.279 e. The molecule has 5 nitrogen and oxygen atoms in total. The lowest BCUT2D eigenvalue weighted by molar-refractivity contribution is -0.885. The summed E-state index contributed by atoms with van der Waals surface area (Å²) in [5.41, 5.74) is 1.71. The highest BCUT2D eigenvalue weighted by atomic mass is 19.2. The van der Waals surface area contributed by atoms with Crippen LogP contribution in [0.4, 0.5) is 18.9 Å². The molecular formula is C21H21F3N3O2+. The number of para-hydroxylation sites is 1.